The average Bonchev–Trinajstić information content (AvgIpc) is 3.31. The van der Waals surface area contributed by atoms with E-state index >= 15 is 0 Å². The molecule has 1 N–H and O–H groups in total. The summed E-state index contributed by atoms with van der Waals surface area (Å²) in [5.41, 5.74) is 2.12. The Balaban J connectivity index is 1.34. The lowest BCUT2D eigenvalue weighted by molar-refractivity contribution is 0.102. The summed E-state index contributed by atoms with van der Waals surface area (Å²) in [6.45, 7) is 2.43. The lowest BCUT2D eigenvalue weighted by Crippen LogP contribution is -2.30. The number of benzene rings is 4. The lowest BCUT2D eigenvalue weighted by atomic mass is 10.1. The third kappa shape index (κ3) is 4.68. The van der Waals surface area contributed by atoms with Crippen LogP contribution in [0.1, 0.15) is 22.8 Å². The molecule has 0 fully saturated rings. The predicted octanol–water partition coefficient (Wildman–Crippen LogP) is 5.91. The van der Waals surface area contributed by atoms with Gasteiger partial charge in [-0.1, -0.05) is 78.9 Å². The molecule has 0 bridgehead atoms. The monoisotopic (exact) mass is 501 g/mol. The number of carbonyl (C=O) groups excluding carboxylic acids is 1. The number of rotatable bonds is 7. The summed E-state index contributed by atoms with van der Waals surface area (Å²) < 4.78 is 28.7. The molecule has 0 aliphatic carbocycles. The highest BCUT2D eigenvalue weighted by atomic mass is 32.2. The summed E-state index contributed by atoms with van der Waals surface area (Å²) in [4.78, 5) is 17.6. The Morgan fingerprint density at radius 3 is 2.37 bits per heavy atom. The molecular weight excluding hydrogens is 478 g/mol. The van der Waals surface area contributed by atoms with Gasteiger partial charge < -0.3 is 0 Å². The van der Waals surface area contributed by atoms with E-state index in [9.17, 15) is 13.2 Å². The van der Waals surface area contributed by atoms with Gasteiger partial charge in [0.15, 0.2) is 5.13 Å². The van der Waals surface area contributed by atoms with Crippen molar-refractivity contribution in [3.63, 3.8) is 0 Å². The lowest BCUT2D eigenvalue weighted by Gasteiger charge is -2.20. The molecule has 8 heteroatoms. The zero-order valence-electron chi connectivity index (χ0n) is 19.0. The van der Waals surface area contributed by atoms with Crippen LogP contribution < -0.4 is 5.32 Å². The van der Waals surface area contributed by atoms with Gasteiger partial charge in [0.2, 0.25) is 10.0 Å². The number of amides is 1. The second-order valence-corrected chi connectivity index (χ2v) is 11.0. The molecule has 4 aromatic carbocycles. The molecule has 1 aromatic heterocycles. The zero-order valence-corrected chi connectivity index (χ0v) is 20.6. The molecule has 0 unspecified atom stereocenters. The smallest absolute Gasteiger partial charge is 0.257 e. The minimum absolute atomic E-state index is 0.151. The van der Waals surface area contributed by atoms with Crippen LogP contribution in [0.4, 0.5) is 5.13 Å². The molecule has 6 nitrogen and oxygen atoms in total. The Labute approximate surface area is 207 Å². The van der Waals surface area contributed by atoms with E-state index in [1.807, 2.05) is 73.7 Å². The first-order valence-corrected chi connectivity index (χ1v) is 13.4. The number of carbonyl (C=O) groups is 1. The van der Waals surface area contributed by atoms with Gasteiger partial charge in [-0.2, -0.15) is 4.31 Å². The Hall–Kier alpha value is -3.59. The van der Waals surface area contributed by atoms with Crippen LogP contribution in [0.5, 0.6) is 0 Å². The maximum atomic E-state index is 13.2. The van der Waals surface area contributed by atoms with Gasteiger partial charge in [0.05, 0.1) is 15.1 Å². The van der Waals surface area contributed by atoms with Gasteiger partial charge in [-0.25, -0.2) is 13.4 Å². The van der Waals surface area contributed by atoms with Crippen LogP contribution in [0.3, 0.4) is 0 Å². The van der Waals surface area contributed by atoms with Crippen molar-refractivity contribution in [3.05, 3.63) is 102 Å². The van der Waals surface area contributed by atoms with Gasteiger partial charge in [-0.3, -0.25) is 10.1 Å². The molecule has 1 heterocycles. The standard InChI is InChI=1S/C27H23N3O3S2/c1-2-30(18-19-8-4-3-5-9-19)35(32,33)22-15-12-21(13-16-22)26(31)29-27-28-25-23-11-7-6-10-20(23)14-17-24(25)34-27/h3-17H,2,18H2,1H3,(H,28,29,31). The Bertz CT molecular complexity index is 1610. The quantitative estimate of drug-likeness (QED) is 0.301. The first kappa shape index (κ1) is 23.2. The number of aromatic nitrogens is 1. The second-order valence-electron chi connectivity index (χ2n) is 8.05. The molecular formula is C27H23N3O3S2. The molecule has 1 amide bonds. The van der Waals surface area contributed by atoms with Crippen molar-refractivity contribution in [2.75, 3.05) is 11.9 Å². The van der Waals surface area contributed by atoms with Gasteiger partial charge in [-0.05, 0) is 41.3 Å². The highest BCUT2D eigenvalue weighted by Crippen LogP contribution is 2.32. The third-order valence-electron chi connectivity index (χ3n) is 5.81. The number of hydrogen-bond donors (Lipinski definition) is 1. The first-order chi connectivity index (χ1) is 17.0. The van der Waals surface area contributed by atoms with Gasteiger partial charge in [0, 0.05) is 24.0 Å². The maximum Gasteiger partial charge on any atom is 0.257 e. The van der Waals surface area contributed by atoms with Gasteiger partial charge in [0.1, 0.15) is 0 Å². The van der Waals surface area contributed by atoms with Crippen LogP contribution >= 0.6 is 11.3 Å². The van der Waals surface area contributed by atoms with E-state index in [0.29, 0.717) is 17.2 Å². The average molecular weight is 502 g/mol. The van der Waals surface area contributed by atoms with E-state index in [1.54, 1.807) is 0 Å². The van der Waals surface area contributed by atoms with Crippen molar-refractivity contribution >= 4 is 53.4 Å². The normalized spacial score (nSPS) is 11.8. The second kappa shape index (κ2) is 9.58. The fraction of sp³-hybridized carbons (Fsp3) is 0.111. The molecule has 0 saturated heterocycles. The van der Waals surface area contributed by atoms with Crippen LogP contribution in [0, 0.1) is 0 Å². The maximum absolute atomic E-state index is 13.2. The van der Waals surface area contributed by atoms with Crippen molar-refractivity contribution in [1.29, 1.82) is 0 Å². The molecule has 5 aromatic rings. The number of nitrogens with zero attached hydrogens (tertiary/aromatic N) is 2. The van der Waals surface area contributed by atoms with E-state index in [2.05, 4.69) is 10.3 Å². The van der Waals surface area contributed by atoms with Crippen LogP contribution in [-0.4, -0.2) is 30.2 Å². The van der Waals surface area contributed by atoms with Gasteiger partial charge >= 0.3 is 0 Å². The van der Waals surface area contributed by atoms with Gasteiger partial charge in [-0.15, -0.1) is 0 Å². The largest absolute Gasteiger partial charge is 0.298 e. The summed E-state index contributed by atoms with van der Waals surface area (Å²) in [5.74, 6) is -0.339. The Morgan fingerprint density at radius 1 is 0.914 bits per heavy atom. The molecule has 0 saturated carbocycles. The minimum atomic E-state index is -3.70. The van der Waals surface area contributed by atoms with Gasteiger partial charge in [0.25, 0.3) is 5.91 Å². The molecule has 0 aliphatic rings. The van der Waals surface area contributed by atoms with Crippen LogP contribution in [0.15, 0.2) is 95.9 Å². The van der Waals surface area contributed by atoms with Crippen molar-refractivity contribution in [1.82, 2.24) is 9.29 Å². The van der Waals surface area contributed by atoms with E-state index in [-0.39, 0.29) is 17.3 Å². The summed E-state index contributed by atoms with van der Waals surface area (Å²) in [6, 6.07) is 27.5. The van der Waals surface area contributed by atoms with Crippen molar-refractivity contribution < 1.29 is 13.2 Å². The highest BCUT2D eigenvalue weighted by Gasteiger charge is 2.23. The van der Waals surface area contributed by atoms with Crippen molar-refractivity contribution in [3.8, 4) is 0 Å². The van der Waals surface area contributed by atoms with E-state index in [1.165, 1.54) is 39.9 Å². The van der Waals surface area contributed by atoms with Crippen LogP contribution in [-0.2, 0) is 16.6 Å². The Kier molecular flexibility index (Phi) is 6.34. The van der Waals surface area contributed by atoms with Crippen molar-refractivity contribution in [2.45, 2.75) is 18.4 Å². The first-order valence-electron chi connectivity index (χ1n) is 11.2. The number of nitrogens with one attached hydrogen (secondary N) is 1. The SMILES string of the molecule is CCN(Cc1ccccc1)S(=O)(=O)c1ccc(C(=O)Nc2nc3c(ccc4ccccc43)s2)cc1. The number of sulfonamides is 1. The summed E-state index contributed by atoms with van der Waals surface area (Å²) >= 11 is 1.40. The topological polar surface area (TPSA) is 79.4 Å². The van der Waals surface area contributed by atoms with Crippen LogP contribution in [0.2, 0.25) is 0 Å². The molecule has 0 radical (unpaired) electrons. The summed E-state index contributed by atoms with van der Waals surface area (Å²) in [6.07, 6.45) is 0. The number of hydrogen-bond acceptors (Lipinski definition) is 5. The third-order valence-corrected chi connectivity index (χ3v) is 8.68. The molecule has 35 heavy (non-hydrogen) atoms. The number of fused-ring (bicyclic) bond motifs is 3. The Morgan fingerprint density at radius 2 is 1.63 bits per heavy atom. The predicted molar refractivity (Wildman–Crippen MR) is 141 cm³/mol. The highest BCUT2D eigenvalue weighted by molar-refractivity contribution is 7.89. The van der Waals surface area contributed by atoms with E-state index in [4.69, 9.17) is 0 Å². The fourth-order valence-electron chi connectivity index (χ4n) is 3.97. The number of thiazole rings is 1. The molecule has 176 valence electrons. The summed E-state index contributed by atoms with van der Waals surface area (Å²) in [5, 5.41) is 5.47. The number of anilines is 1. The summed E-state index contributed by atoms with van der Waals surface area (Å²) in [7, 11) is -3.70. The molecule has 0 aliphatic heterocycles. The minimum Gasteiger partial charge on any atom is -0.298 e. The van der Waals surface area contributed by atoms with E-state index < -0.39 is 10.0 Å². The molecule has 0 atom stereocenters. The molecule has 0 spiro atoms. The van der Waals surface area contributed by atoms with Crippen LogP contribution in [0.25, 0.3) is 21.0 Å². The van der Waals surface area contributed by atoms with E-state index in [0.717, 1.165) is 26.6 Å². The molecule has 5 rings (SSSR count). The zero-order chi connectivity index (χ0) is 24.4. The van der Waals surface area contributed by atoms with Crippen molar-refractivity contribution in [2.24, 2.45) is 0 Å². The fourth-order valence-corrected chi connectivity index (χ4v) is 6.28.